The van der Waals surface area contributed by atoms with Gasteiger partial charge < -0.3 is 10.2 Å². The highest BCUT2D eigenvalue weighted by atomic mass is 16.3. The lowest BCUT2D eigenvalue weighted by molar-refractivity contribution is 0.000410. The van der Waals surface area contributed by atoms with E-state index in [-0.39, 0.29) is 6.61 Å². The topological polar surface area (TPSA) is 43.7 Å². The molecule has 0 bridgehead atoms. The van der Waals surface area contributed by atoms with Crippen LogP contribution in [0.4, 0.5) is 0 Å². The predicted octanol–water partition coefficient (Wildman–Crippen LogP) is 4.25. The van der Waals surface area contributed by atoms with Crippen LogP contribution in [-0.4, -0.2) is 28.2 Å². The normalized spacial score (nSPS) is 16.2. The zero-order valence-electron chi connectivity index (χ0n) is 16.0. The van der Waals surface area contributed by atoms with Crippen LogP contribution in [0.1, 0.15) is 41.2 Å². The summed E-state index contributed by atoms with van der Waals surface area (Å²) in [6.07, 6.45) is 1.54. The van der Waals surface area contributed by atoms with Crippen molar-refractivity contribution in [3.8, 4) is 0 Å². The zero-order valence-corrected chi connectivity index (χ0v) is 16.0. The van der Waals surface area contributed by atoms with Crippen LogP contribution in [0.2, 0.25) is 0 Å². The Morgan fingerprint density at radius 1 is 0.750 bits per heavy atom. The average molecular weight is 373 g/mol. The molecule has 28 heavy (non-hydrogen) atoms. The maximum absolute atomic E-state index is 11.9. The molecule has 0 radical (unpaired) electrons. The van der Waals surface area contributed by atoms with Crippen molar-refractivity contribution in [1.82, 2.24) is 4.90 Å². The number of likely N-dealkylation sites (tertiary alicyclic amines) is 1. The Kier molecular flexibility index (Phi) is 5.58. The van der Waals surface area contributed by atoms with Crippen LogP contribution in [0, 0.1) is 0 Å². The Hall–Kier alpha value is -2.46. The third kappa shape index (κ3) is 3.26. The third-order valence-corrected chi connectivity index (χ3v) is 5.91. The van der Waals surface area contributed by atoms with E-state index in [2.05, 4.69) is 29.2 Å². The van der Waals surface area contributed by atoms with Crippen molar-refractivity contribution in [1.29, 1.82) is 0 Å². The number of aliphatic hydroxyl groups is 2. The maximum Gasteiger partial charge on any atom is 0.106 e. The van der Waals surface area contributed by atoms with Crippen molar-refractivity contribution >= 4 is 0 Å². The molecule has 144 valence electrons. The predicted molar refractivity (Wildman–Crippen MR) is 112 cm³/mol. The summed E-state index contributed by atoms with van der Waals surface area (Å²) in [5.41, 5.74) is 3.25. The molecular weight excluding hydrogens is 346 g/mol. The van der Waals surface area contributed by atoms with Gasteiger partial charge in [-0.25, -0.2) is 0 Å². The number of rotatable bonds is 6. The largest absolute Gasteiger partial charge is 0.392 e. The van der Waals surface area contributed by atoms with Gasteiger partial charge in [-0.1, -0.05) is 84.9 Å². The van der Waals surface area contributed by atoms with Crippen molar-refractivity contribution in [2.24, 2.45) is 0 Å². The molecule has 1 atom stereocenters. The van der Waals surface area contributed by atoms with Crippen LogP contribution in [0.3, 0.4) is 0 Å². The van der Waals surface area contributed by atoms with E-state index in [4.69, 9.17) is 0 Å². The molecule has 3 heteroatoms. The summed E-state index contributed by atoms with van der Waals surface area (Å²) in [6, 6.07) is 28.4. The van der Waals surface area contributed by atoms with Gasteiger partial charge in [-0.15, -0.1) is 0 Å². The standard InChI is InChI=1S/C25H27NO2/c27-19-20-13-15-21(16-14-20)24(28)25(26-17-7-8-18-26,22-9-3-1-4-10-22)23-11-5-2-6-12-23/h1-6,9-16,24,27-28H,7-8,17-19H2/t24-/m0/s1. The molecule has 0 unspecified atom stereocenters. The number of aliphatic hydroxyl groups excluding tert-OH is 2. The van der Waals surface area contributed by atoms with E-state index >= 15 is 0 Å². The Labute approximate surface area is 166 Å². The second-order valence-corrected chi connectivity index (χ2v) is 7.49. The minimum Gasteiger partial charge on any atom is -0.392 e. The van der Waals surface area contributed by atoms with Crippen LogP contribution in [0.15, 0.2) is 84.9 Å². The van der Waals surface area contributed by atoms with E-state index in [9.17, 15) is 10.2 Å². The fourth-order valence-corrected chi connectivity index (χ4v) is 4.52. The van der Waals surface area contributed by atoms with E-state index in [0.717, 1.165) is 48.2 Å². The summed E-state index contributed by atoms with van der Waals surface area (Å²) in [7, 11) is 0. The molecule has 1 heterocycles. The van der Waals surface area contributed by atoms with Crippen molar-refractivity contribution in [3.63, 3.8) is 0 Å². The first kappa shape index (κ1) is 18.9. The highest BCUT2D eigenvalue weighted by Gasteiger charge is 2.47. The monoisotopic (exact) mass is 373 g/mol. The number of hydrogen-bond acceptors (Lipinski definition) is 3. The summed E-state index contributed by atoms with van der Waals surface area (Å²) in [6.45, 7) is 1.91. The Balaban J connectivity index is 1.93. The lowest BCUT2D eigenvalue weighted by Gasteiger charge is -2.46. The van der Waals surface area contributed by atoms with E-state index in [0.29, 0.717) is 0 Å². The quantitative estimate of drug-likeness (QED) is 0.679. The second kappa shape index (κ2) is 8.27. The lowest BCUT2D eigenvalue weighted by Crippen LogP contribution is -2.50. The van der Waals surface area contributed by atoms with Gasteiger partial charge in [-0.05, 0) is 48.2 Å². The highest BCUT2D eigenvalue weighted by molar-refractivity contribution is 5.43. The molecule has 0 saturated carbocycles. The van der Waals surface area contributed by atoms with Crippen molar-refractivity contribution < 1.29 is 10.2 Å². The van der Waals surface area contributed by atoms with Gasteiger partial charge in [-0.2, -0.15) is 0 Å². The SMILES string of the molecule is OCc1ccc([C@H](O)C(c2ccccc2)(c2ccccc2)N2CCCC2)cc1. The first-order chi connectivity index (χ1) is 13.8. The van der Waals surface area contributed by atoms with Gasteiger partial charge in [0, 0.05) is 0 Å². The second-order valence-electron chi connectivity index (χ2n) is 7.49. The smallest absolute Gasteiger partial charge is 0.106 e. The molecule has 3 aromatic rings. The molecule has 4 rings (SSSR count). The first-order valence-electron chi connectivity index (χ1n) is 10.0. The maximum atomic E-state index is 11.9. The molecule has 0 amide bonds. The molecule has 1 saturated heterocycles. The van der Waals surface area contributed by atoms with Crippen molar-refractivity contribution in [2.75, 3.05) is 13.1 Å². The highest BCUT2D eigenvalue weighted by Crippen LogP contribution is 2.47. The van der Waals surface area contributed by atoms with Crippen molar-refractivity contribution in [2.45, 2.75) is 31.1 Å². The number of hydrogen-bond donors (Lipinski definition) is 2. The molecule has 1 aliphatic rings. The van der Waals surface area contributed by atoms with Gasteiger partial charge in [0.1, 0.15) is 11.6 Å². The first-order valence-corrected chi connectivity index (χ1v) is 10.0. The summed E-state index contributed by atoms with van der Waals surface area (Å²) in [5.74, 6) is 0. The average Bonchev–Trinajstić information content (AvgIpc) is 3.31. The molecule has 0 aliphatic carbocycles. The minimum atomic E-state index is -0.733. The zero-order chi connectivity index (χ0) is 19.4. The third-order valence-electron chi connectivity index (χ3n) is 5.91. The molecule has 3 nitrogen and oxygen atoms in total. The minimum absolute atomic E-state index is 0.00497. The fourth-order valence-electron chi connectivity index (χ4n) is 4.52. The Bertz CT molecular complexity index is 832. The van der Waals surface area contributed by atoms with Gasteiger partial charge in [-0.3, -0.25) is 4.90 Å². The van der Waals surface area contributed by atoms with Gasteiger partial charge in [0.15, 0.2) is 0 Å². The van der Waals surface area contributed by atoms with Crippen LogP contribution in [-0.2, 0) is 12.1 Å². The summed E-state index contributed by atoms with van der Waals surface area (Å²) >= 11 is 0. The van der Waals surface area contributed by atoms with Gasteiger partial charge in [0.05, 0.1) is 6.61 Å². The van der Waals surface area contributed by atoms with Crippen LogP contribution < -0.4 is 0 Å². The Morgan fingerprint density at radius 3 is 1.71 bits per heavy atom. The molecule has 0 spiro atoms. The molecule has 3 aromatic carbocycles. The molecular formula is C25H27NO2. The van der Waals surface area contributed by atoms with Crippen LogP contribution in [0.5, 0.6) is 0 Å². The van der Waals surface area contributed by atoms with Gasteiger partial charge in [0.2, 0.25) is 0 Å². The van der Waals surface area contributed by atoms with Crippen LogP contribution >= 0.6 is 0 Å². The molecule has 1 aliphatic heterocycles. The van der Waals surface area contributed by atoms with Crippen molar-refractivity contribution in [3.05, 3.63) is 107 Å². The van der Waals surface area contributed by atoms with E-state index in [1.54, 1.807) is 0 Å². The molecule has 1 fully saturated rings. The summed E-state index contributed by atoms with van der Waals surface area (Å²) in [4.78, 5) is 2.43. The van der Waals surface area contributed by atoms with E-state index in [1.165, 1.54) is 0 Å². The molecule has 0 aromatic heterocycles. The fraction of sp³-hybridized carbons (Fsp3) is 0.280. The van der Waals surface area contributed by atoms with Gasteiger partial charge in [0.25, 0.3) is 0 Å². The lowest BCUT2D eigenvalue weighted by atomic mass is 9.74. The Morgan fingerprint density at radius 2 is 1.25 bits per heavy atom. The summed E-state index contributed by atoms with van der Waals surface area (Å²) in [5, 5.41) is 21.2. The van der Waals surface area contributed by atoms with Gasteiger partial charge >= 0.3 is 0 Å². The van der Waals surface area contributed by atoms with E-state index < -0.39 is 11.6 Å². The van der Waals surface area contributed by atoms with E-state index in [1.807, 2.05) is 60.7 Å². The number of nitrogens with zero attached hydrogens (tertiary/aromatic N) is 1. The van der Waals surface area contributed by atoms with Crippen LogP contribution in [0.25, 0.3) is 0 Å². The molecule has 2 N–H and O–H groups in total. The number of benzene rings is 3. The summed E-state index contributed by atoms with van der Waals surface area (Å²) < 4.78 is 0.